The van der Waals surface area contributed by atoms with E-state index in [-0.39, 0.29) is 0 Å². The van der Waals surface area contributed by atoms with Crippen molar-refractivity contribution in [3.8, 4) is 40.3 Å². The first kappa shape index (κ1) is 36.3. The Morgan fingerprint density at radius 1 is 0.381 bits per heavy atom. The van der Waals surface area contributed by atoms with E-state index in [1.165, 1.54) is 87.9 Å². The van der Waals surface area contributed by atoms with E-state index in [4.69, 9.17) is 0 Å². The second kappa shape index (κ2) is 14.6. The van der Waals surface area contributed by atoms with Gasteiger partial charge in [-0.25, -0.2) is 0 Å². The molecule has 0 saturated heterocycles. The Morgan fingerprint density at radius 3 is 1.46 bits per heavy atom. The summed E-state index contributed by atoms with van der Waals surface area (Å²) in [6, 6.07) is 79.4. The van der Waals surface area contributed by atoms with Gasteiger partial charge in [0.1, 0.15) is 5.65 Å². The Morgan fingerprint density at radius 2 is 0.857 bits per heavy atom. The number of rotatable bonds is 6. The summed E-state index contributed by atoms with van der Waals surface area (Å²) in [5, 5.41) is 6.35. The topological polar surface area (TPSA) is 17.0 Å². The van der Waals surface area contributed by atoms with Crippen LogP contribution in [0.2, 0.25) is 0 Å². The van der Waals surface area contributed by atoms with Crippen LogP contribution in [-0.4, -0.2) is 13.4 Å². The molecule has 0 radical (unpaired) electrons. The highest BCUT2D eigenvalue weighted by Gasteiger charge is 2.27. The molecule has 4 aromatic heterocycles. The third kappa shape index (κ3) is 5.57. The number of imidazole rings is 1. The van der Waals surface area contributed by atoms with Gasteiger partial charge in [-0.1, -0.05) is 140 Å². The molecule has 0 N–H and O–H groups in total. The third-order valence-corrected chi connectivity index (χ3v) is 12.5. The highest BCUT2D eigenvalue weighted by atomic mass is 15.2. The fraction of sp³-hybridized carbons (Fsp3) is 0.0169. The number of anilines is 3. The number of fused-ring (bicyclic) bond motifs is 13. The minimum absolute atomic E-state index is 1.10. The molecule has 296 valence electrons. The zero-order chi connectivity index (χ0) is 42.0. The van der Waals surface area contributed by atoms with E-state index in [1.54, 1.807) is 6.92 Å². The molecule has 13 rings (SSSR count). The van der Waals surface area contributed by atoms with Gasteiger partial charge in [-0.15, -0.1) is 12.3 Å². The summed E-state index contributed by atoms with van der Waals surface area (Å²) >= 11 is 0. The van der Waals surface area contributed by atoms with Crippen LogP contribution < -0.4 is 4.90 Å². The molecule has 4 nitrogen and oxygen atoms in total. The van der Waals surface area contributed by atoms with Gasteiger partial charge in [0.05, 0.1) is 33.1 Å². The first-order valence-corrected chi connectivity index (χ1v) is 21.4. The van der Waals surface area contributed by atoms with E-state index in [9.17, 15) is 0 Å². The highest BCUT2D eigenvalue weighted by molar-refractivity contribution is 6.31. The summed E-state index contributed by atoms with van der Waals surface area (Å²) in [7, 11) is 0. The molecule has 4 heterocycles. The average molecular weight is 805 g/mol. The largest absolute Gasteiger partial charge is 0.310 e. The Balaban J connectivity index is 0.00000137. The van der Waals surface area contributed by atoms with Crippen LogP contribution >= 0.6 is 0 Å². The summed E-state index contributed by atoms with van der Waals surface area (Å²) in [5.41, 5.74) is 17.7. The van der Waals surface area contributed by atoms with E-state index < -0.39 is 0 Å². The van der Waals surface area contributed by atoms with Crippen LogP contribution in [-0.2, 0) is 0 Å². The first-order chi connectivity index (χ1) is 31.2. The van der Waals surface area contributed by atoms with E-state index in [2.05, 4.69) is 249 Å². The maximum atomic E-state index is 4.60. The van der Waals surface area contributed by atoms with Gasteiger partial charge in [0, 0.05) is 49.7 Å². The quantitative estimate of drug-likeness (QED) is 0.153. The molecule has 0 aliphatic heterocycles. The van der Waals surface area contributed by atoms with Crippen molar-refractivity contribution in [1.82, 2.24) is 13.4 Å². The minimum atomic E-state index is 1.10. The fourth-order valence-corrected chi connectivity index (χ4v) is 9.95. The van der Waals surface area contributed by atoms with Gasteiger partial charge in [0.25, 0.3) is 0 Å². The Bertz CT molecular complexity index is 3750. The van der Waals surface area contributed by atoms with Gasteiger partial charge in [0.15, 0.2) is 0 Å². The number of terminal acetylenes is 1. The summed E-state index contributed by atoms with van der Waals surface area (Å²) in [6.45, 7) is 1.65. The van der Waals surface area contributed by atoms with Crippen molar-refractivity contribution < 1.29 is 0 Å². The lowest BCUT2D eigenvalue weighted by atomic mass is 10.0. The van der Waals surface area contributed by atoms with Crippen LogP contribution in [0.3, 0.4) is 0 Å². The third-order valence-electron chi connectivity index (χ3n) is 12.5. The van der Waals surface area contributed by atoms with Gasteiger partial charge in [0.2, 0.25) is 0 Å². The number of hydrogen-bond acceptors (Lipinski definition) is 1. The zero-order valence-electron chi connectivity index (χ0n) is 34.7. The van der Waals surface area contributed by atoms with Crippen molar-refractivity contribution in [3.05, 3.63) is 218 Å². The summed E-state index contributed by atoms with van der Waals surface area (Å²) < 4.78 is 7.47. The second-order valence-electron chi connectivity index (χ2n) is 16.1. The van der Waals surface area contributed by atoms with Crippen molar-refractivity contribution >= 4 is 82.7 Å². The van der Waals surface area contributed by atoms with Crippen molar-refractivity contribution in [2.75, 3.05) is 4.90 Å². The SMILES string of the molecule is C#CC.c1ccc(-c2ccc(N(c3ccc(-c4ccccc4)cc3)c3ccc4c(c3)n3c5c(ccc6c5c5ccccc5n6-c5ccccc5)c5c6ccccc6n4c53)cc2)cc1. The first-order valence-electron chi connectivity index (χ1n) is 21.4. The fourth-order valence-electron chi connectivity index (χ4n) is 9.95. The maximum absolute atomic E-state index is 4.60. The lowest BCUT2D eigenvalue weighted by molar-refractivity contribution is 1.18. The summed E-state index contributed by atoms with van der Waals surface area (Å²) in [4.78, 5) is 2.40. The summed E-state index contributed by atoms with van der Waals surface area (Å²) in [6.07, 6.45) is 4.60. The second-order valence-corrected chi connectivity index (χ2v) is 16.1. The maximum Gasteiger partial charge on any atom is 0.131 e. The van der Waals surface area contributed by atoms with E-state index in [0.29, 0.717) is 0 Å². The Labute approximate surface area is 365 Å². The van der Waals surface area contributed by atoms with Gasteiger partial charge >= 0.3 is 0 Å². The number of para-hydroxylation sites is 3. The molecule has 0 bridgehead atoms. The molecule has 4 heteroatoms. The molecule has 63 heavy (non-hydrogen) atoms. The molecule has 9 aromatic carbocycles. The predicted molar refractivity (Wildman–Crippen MR) is 266 cm³/mol. The van der Waals surface area contributed by atoms with Crippen molar-refractivity contribution in [1.29, 1.82) is 0 Å². The van der Waals surface area contributed by atoms with Crippen molar-refractivity contribution in [3.63, 3.8) is 0 Å². The number of aromatic nitrogens is 3. The number of benzene rings is 9. The molecule has 13 aromatic rings. The Kier molecular flexibility index (Phi) is 8.42. The number of hydrogen-bond donors (Lipinski definition) is 0. The van der Waals surface area contributed by atoms with Crippen LogP contribution in [0.25, 0.3) is 93.6 Å². The average Bonchev–Trinajstić information content (AvgIpc) is 4.07. The Hall–Kier alpha value is -8.52. The van der Waals surface area contributed by atoms with Crippen molar-refractivity contribution in [2.24, 2.45) is 0 Å². The van der Waals surface area contributed by atoms with Crippen LogP contribution in [0.15, 0.2) is 218 Å². The molecular weight excluding hydrogens is 765 g/mol. The predicted octanol–water partition coefficient (Wildman–Crippen LogP) is 15.6. The van der Waals surface area contributed by atoms with Crippen LogP contribution in [0.4, 0.5) is 17.1 Å². The van der Waals surface area contributed by atoms with Crippen LogP contribution in [0.5, 0.6) is 0 Å². The van der Waals surface area contributed by atoms with Gasteiger partial charge in [-0.05, 0) is 108 Å². The zero-order valence-corrected chi connectivity index (χ0v) is 34.7. The van der Waals surface area contributed by atoms with Crippen molar-refractivity contribution in [2.45, 2.75) is 6.92 Å². The molecule has 0 aliphatic rings. The number of nitrogens with zero attached hydrogens (tertiary/aromatic N) is 4. The van der Waals surface area contributed by atoms with Gasteiger partial charge in [-0.2, -0.15) is 0 Å². The van der Waals surface area contributed by atoms with Gasteiger partial charge < -0.3 is 9.47 Å². The standard InChI is InChI=1S/C56H36N4.C3H4/c1-4-14-37(15-5-1)39-24-28-42(29-25-39)57(43-30-26-40(27-31-43)38-16-6-2-7-17-38)44-32-34-50-52(36-44)60-55-47(53-45-20-10-13-23-49(45)59(50)56(53)60)33-35-51-54(55)46-21-11-12-22-48(46)58(51)41-18-8-3-9-19-41;1-3-2/h1-36H;1H,2H3. The van der Waals surface area contributed by atoms with E-state index in [0.717, 1.165) is 22.7 Å². The smallest absolute Gasteiger partial charge is 0.131 e. The van der Waals surface area contributed by atoms with Gasteiger partial charge in [-0.3, -0.25) is 8.80 Å². The lowest BCUT2D eigenvalue weighted by Crippen LogP contribution is -2.10. The highest BCUT2D eigenvalue weighted by Crippen LogP contribution is 2.47. The molecular formula is C59H40N4. The molecule has 0 unspecified atom stereocenters. The van der Waals surface area contributed by atoms with Crippen LogP contribution in [0.1, 0.15) is 6.92 Å². The van der Waals surface area contributed by atoms with E-state index in [1.807, 2.05) is 0 Å². The molecule has 0 fully saturated rings. The molecule has 0 atom stereocenters. The minimum Gasteiger partial charge on any atom is -0.310 e. The van der Waals surface area contributed by atoms with E-state index >= 15 is 0 Å². The normalized spacial score (nSPS) is 11.6. The monoisotopic (exact) mass is 804 g/mol. The molecule has 0 aliphatic carbocycles. The molecule has 0 spiro atoms. The van der Waals surface area contributed by atoms with Crippen LogP contribution in [0, 0.1) is 12.3 Å². The summed E-state index contributed by atoms with van der Waals surface area (Å²) in [5.74, 6) is 2.25. The molecule has 0 saturated carbocycles. The molecule has 0 amide bonds. The lowest BCUT2D eigenvalue weighted by Gasteiger charge is -2.26.